The van der Waals surface area contributed by atoms with Crippen LogP contribution in [-0.4, -0.2) is 10.9 Å². The summed E-state index contributed by atoms with van der Waals surface area (Å²) >= 11 is 5.77. The van der Waals surface area contributed by atoms with Gasteiger partial charge >= 0.3 is 0 Å². The summed E-state index contributed by atoms with van der Waals surface area (Å²) in [5, 5.41) is 10.3. The first-order valence-corrected chi connectivity index (χ1v) is 8.84. The van der Waals surface area contributed by atoms with Crippen molar-refractivity contribution in [2.45, 2.75) is 18.2 Å². The summed E-state index contributed by atoms with van der Waals surface area (Å²) in [6.45, 7) is 0. The molecular weight excluding hydrogens is 351 g/mol. The van der Waals surface area contributed by atoms with Crippen molar-refractivity contribution >= 4 is 17.4 Å². The number of aromatic hydroxyl groups is 1. The molecule has 1 unspecified atom stereocenters. The molecule has 132 valence electrons. The monoisotopic (exact) mass is 368 g/mol. The van der Waals surface area contributed by atoms with Gasteiger partial charge in [0.1, 0.15) is 11.6 Å². The van der Waals surface area contributed by atoms with Crippen LogP contribution in [0.15, 0.2) is 72.8 Å². The fourth-order valence-corrected chi connectivity index (χ4v) is 3.17. The molecule has 3 aromatic carbocycles. The Balaban J connectivity index is 2.02. The maximum Gasteiger partial charge on any atom is 0.174 e. The average Bonchev–Trinajstić information content (AvgIpc) is 2.67. The molecule has 3 aromatic rings. The molecule has 2 nitrogen and oxygen atoms in total. The Morgan fingerprint density at radius 2 is 1.65 bits per heavy atom. The molecule has 3 rings (SSSR count). The number of hydrogen-bond donors (Lipinski definition) is 1. The molecule has 0 radical (unpaired) electrons. The second-order valence-corrected chi connectivity index (χ2v) is 6.38. The molecule has 0 spiro atoms. The Kier molecular flexibility index (Phi) is 5.69. The predicted octanol–water partition coefficient (Wildman–Crippen LogP) is 5.48. The lowest BCUT2D eigenvalue weighted by molar-refractivity contribution is 0.0954. The van der Waals surface area contributed by atoms with E-state index in [1.165, 1.54) is 12.1 Å². The van der Waals surface area contributed by atoms with Crippen molar-refractivity contribution < 1.29 is 14.3 Å². The minimum absolute atomic E-state index is 0.137. The van der Waals surface area contributed by atoms with E-state index in [4.69, 9.17) is 11.6 Å². The van der Waals surface area contributed by atoms with E-state index >= 15 is 0 Å². The van der Waals surface area contributed by atoms with E-state index in [0.29, 0.717) is 17.5 Å². The van der Waals surface area contributed by atoms with Crippen molar-refractivity contribution in [3.05, 3.63) is 101 Å². The van der Waals surface area contributed by atoms with Gasteiger partial charge in [-0.2, -0.15) is 0 Å². The zero-order chi connectivity index (χ0) is 18.5. The smallest absolute Gasteiger partial charge is 0.174 e. The van der Waals surface area contributed by atoms with E-state index in [1.54, 1.807) is 30.3 Å². The number of Topliss-reactive ketones (excluding diaryl/α,β-unsaturated/α-hetero) is 1. The summed E-state index contributed by atoms with van der Waals surface area (Å²) in [5.74, 6) is -1.38. The second kappa shape index (κ2) is 8.15. The zero-order valence-corrected chi connectivity index (χ0v) is 14.8. The molecule has 0 saturated carbocycles. The Morgan fingerprint density at radius 1 is 0.962 bits per heavy atom. The molecular formula is C22H18ClFO2. The number of benzene rings is 3. The van der Waals surface area contributed by atoms with Crippen molar-refractivity contribution in [1.82, 2.24) is 0 Å². The number of halogens is 2. The maximum atomic E-state index is 14.4. The van der Waals surface area contributed by atoms with Crippen LogP contribution in [0.5, 0.6) is 5.75 Å². The summed E-state index contributed by atoms with van der Waals surface area (Å²) in [6.07, 6.45) is 0.345. The van der Waals surface area contributed by atoms with Crippen LogP contribution in [0.4, 0.5) is 4.39 Å². The molecule has 1 atom stereocenters. The summed E-state index contributed by atoms with van der Waals surface area (Å²) in [4.78, 5) is 13.2. The largest absolute Gasteiger partial charge is 0.507 e. The van der Waals surface area contributed by atoms with Crippen LogP contribution in [0.25, 0.3) is 0 Å². The highest BCUT2D eigenvalue weighted by molar-refractivity contribution is 6.17. The number of hydrogen-bond acceptors (Lipinski definition) is 2. The maximum absolute atomic E-state index is 14.4. The third kappa shape index (κ3) is 3.94. The van der Waals surface area contributed by atoms with Gasteiger partial charge in [-0.3, -0.25) is 4.79 Å². The second-order valence-electron chi connectivity index (χ2n) is 6.11. The van der Waals surface area contributed by atoms with Crippen LogP contribution >= 0.6 is 11.6 Å². The van der Waals surface area contributed by atoms with Crippen molar-refractivity contribution in [1.29, 1.82) is 0 Å². The summed E-state index contributed by atoms with van der Waals surface area (Å²) in [5.41, 5.74) is 2.13. The molecule has 1 N–H and O–H groups in total. The molecule has 0 heterocycles. The number of phenols is 1. The SMILES string of the molecule is O=C(c1ccc(CCl)cc1O)C(Cc1ccccc1)c1ccccc1F. The quantitative estimate of drug-likeness (QED) is 0.462. The molecule has 0 saturated heterocycles. The number of ketones is 1. The van der Waals surface area contributed by atoms with Crippen LogP contribution in [0.3, 0.4) is 0 Å². The average molecular weight is 369 g/mol. The third-order valence-electron chi connectivity index (χ3n) is 4.36. The molecule has 0 aliphatic heterocycles. The fraction of sp³-hybridized carbons (Fsp3) is 0.136. The zero-order valence-electron chi connectivity index (χ0n) is 14.0. The van der Waals surface area contributed by atoms with Crippen LogP contribution in [0.2, 0.25) is 0 Å². The van der Waals surface area contributed by atoms with Crippen LogP contribution in [0.1, 0.15) is 33.0 Å². The van der Waals surface area contributed by atoms with Crippen molar-refractivity contribution in [2.75, 3.05) is 0 Å². The van der Waals surface area contributed by atoms with Crippen molar-refractivity contribution in [3.63, 3.8) is 0 Å². The Bertz CT molecular complexity index is 909. The minimum atomic E-state index is -0.730. The van der Waals surface area contributed by atoms with Gasteiger partial charge in [0.15, 0.2) is 5.78 Å². The van der Waals surface area contributed by atoms with Gasteiger partial charge in [0.25, 0.3) is 0 Å². The summed E-state index contributed by atoms with van der Waals surface area (Å²) in [7, 11) is 0. The Labute approximate surface area is 156 Å². The van der Waals surface area contributed by atoms with Gasteiger partial charge in [-0.1, -0.05) is 54.6 Å². The normalized spacial score (nSPS) is 11.9. The number of carbonyl (C=O) groups excluding carboxylic acids is 1. The molecule has 0 amide bonds. The first-order chi connectivity index (χ1) is 12.6. The van der Waals surface area contributed by atoms with Crippen LogP contribution in [0, 0.1) is 5.82 Å². The molecule has 0 aliphatic rings. The highest BCUT2D eigenvalue weighted by Crippen LogP contribution is 2.31. The Hall–Kier alpha value is -2.65. The summed E-state index contributed by atoms with van der Waals surface area (Å²) in [6, 6.07) is 20.4. The van der Waals surface area contributed by atoms with Gasteiger partial charge in [-0.05, 0) is 41.3 Å². The highest BCUT2D eigenvalue weighted by atomic mass is 35.5. The van der Waals surface area contributed by atoms with Crippen LogP contribution < -0.4 is 0 Å². The van der Waals surface area contributed by atoms with Gasteiger partial charge in [0, 0.05) is 5.88 Å². The molecule has 0 bridgehead atoms. The van der Waals surface area contributed by atoms with Gasteiger partial charge in [-0.25, -0.2) is 4.39 Å². The highest BCUT2D eigenvalue weighted by Gasteiger charge is 2.27. The van der Waals surface area contributed by atoms with Gasteiger partial charge in [-0.15, -0.1) is 11.6 Å². The minimum Gasteiger partial charge on any atom is -0.507 e. The van der Waals surface area contributed by atoms with Crippen LogP contribution in [-0.2, 0) is 12.3 Å². The van der Waals surface area contributed by atoms with E-state index in [9.17, 15) is 14.3 Å². The van der Waals surface area contributed by atoms with E-state index in [-0.39, 0.29) is 23.0 Å². The molecule has 0 aliphatic carbocycles. The topological polar surface area (TPSA) is 37.3 Å². The van der Waals surface area contributed by atoms with E-state index in [2.05, 4.69) is 0 Å². The van der Waals surface area contributed by atoms with E-state index in [0.717, 1.165) is 5.56 Å². The first kappa shape index (κ1) is 18.2. The van der Waals surface area contributed by atoms with Crippen molar-refractivity contribution in [3.8, 4) is 5.75 Å². The molecule has 26 heavy (non-hydrogen) atoms. The van der Waals surface area contributed by atoms with E-state index in [1.807, 2.05) is 30.3 Å². The lowest BCUT2D eigenvalue weighted by Crippen LogP contribution is -2.17. The lowest BCUT2D eigenvalue weighted by atomic mass is 9.85. The number of alkyl halides is 1. The molecule has 0 fully saturated rings. The van der Waals surface area contributed by atoms with Gasteiger partial charge in [0.05, 0.1) is 11.5 Å². The predicted molar refractivity (Wildman–Crippen MR) is 101 cm³/mol. The standard InChI is InChI=1S/C22H18ClFO2/c23-14-16-10-11-18(21(25)13-16)22(26)19(12-15-6-2-1-3-7-15)17-8-4-5-9-20(17)24/h1-11,13,19,25H,12,14H2. The number of carbonyl (C=O) groups is 1. The number of rotatable bonds is 6. The fourth-order valence-electron chi connectivity index (χ4n) is 3.01. The lowest BCUT2D eigenvalue weighted by Gasteiger charge is -2.18. The summed E-state index contributed by atoms with van der Waals surface area (Å²) < 4.78 is 14.4. The van der Waals surface area contributed by atoms with Gasteiger partial charge in [0.2, 0.25) is 0 Å². The third-order valence-corrected chi connectivity index (χ3v) is 4.67. The molecule has 0 aromatic heterocycles. The first-order valence-electron chi connectivity index (χ1n) is 8.30. The van der Waals surface area contributed by atoms with Crippen molar-refractivity contribution in [2.24, 2.45) is 0 Å². The number of phenolic OH excluding ortho intramolecular Hbond substituents is 1. The van der Waals surface area contributed by atoms with Gasteiger partial charge < -0.3 is 5.11 Å². The Morgan fingerprint density at radius 3 is 2.31 bits per heavy atom. The van der Waals surface area contributed by atoms with E-state index < -0.39 is 11.7 Å². The molecule has 4 heteroatoms.